The number of hydrogen-bond donors (Lipinski definition) is 3. The average Bonchev–Trinajstić information content (AvgIpc) is 3.50. The molecule has 9 heteroatoms. The van der Waals surface area contributed by atoms with Crippen molar-refractivity contribution in [2.24, 2.45) is 11.8 Å². The maximum Gasteiger partial charge on any atom is 0.408 e. The van der Waals surface area contributed by atoms with Crippen LogP contribution < -0.4 is 16.0 Å². The monoisotopic (exact) mass is 575 g/mol. The van der Waals surface area contributed by atoms with Crippen LogP contribution in [-0.2, 0) is 27.4 Å². The van der Waals surface area contributed by atoms with Crippen molar-refractivity contribution >= 4 is 23.7 Å². The number of nitrogens with one attached hydrogen (secondary N) is 3. The fourth-order valence-electron chi connectivity index (χ4n) is 4.51. The number of carbonyl (C=O) groups excluding carboxylic acids is 4. The molecule has 3 atom stereocenters. The number of ether oxygens (including phenoxy) is 1. The highest BCUT2D eigenvalue weighted by molar-refractivity contribution is 6.01. The highest BCUT2D eigenvalue weighted by atomic mass is 16.5. The Morgan fingerprint density at radius 2 is 1.21 bits per heavy atom. The van der Waals surface area contributed by atoms with Gasteiger partial charge in [-0.1, -0.05) is 88.4 Å². The molecule has 0 radical (unpaired) electrons. The number of carbonyl (C=O) groups is 4. The van der Waals surface area contributed by atoms with Crippen molar-refractivity contribution in [1.82, 2.24) is 16.0 Å². The molecular formula is C33H41N3O6. The summed E-state index contributed by atoms with van der Waals surface area (Å²) in [6, 6.07) is 18.9. The van der Waals surface area contributed by atoms with E-state index in [2.05, 4.69) is 16.0 Å². The van der Waals surface area contributed by atoms with Crippen molar-refractivity contribution < 1.29 is 28.3 Å². The minimum Gasteiger partial charge on any atom is -0.461 e. The molecular weight excluding hydrogens is 534 g/mol. The van der Waals surface area contributed by atoms with E-state index in [-0.39, 0.29) is 36.4 Å². The third-order valence-electron chi connectivity index (χ3n) is 6.55. The van der Waals surface area contributed by atoms with Crippen LogP contribution in [0.5, 0.6) is 0 Å². The standard InChI is InChI=1S/C33H41N3O6/c1-22(2)18-26(30(37)29-16-11-17-41-29)34-32(39)28(20-24-12-7-5-8-13-24)35-31(38)27(19-23(3)4)36-33(40)42-21-25-14-9-6-10-15-25/h5-17,22-23,26-28H,18-21H2,1-4H3,(H,34,39)(H,35,38)(H,36,40)/t26-,27-,28-/m0/s1. The van der Waals surface area contributed by atoms with Crippen molar-refractivity contribution in [2.75, 3.05) is 0 Å². The third kappa shape index (κ3) is 10.5. The lowest BCUT2D eigenvalue weighted by atomic mass is 9.97. The van der Waals surface area contributed by atoms with E-state index in [1.54, 1.807) is 12.1 Å². The first-order valence-electron chi connectivity index (χ1n) is 14.3. The summed E-state index contributed by atoms with van der Waals surface area (Å²) in [6.45, 7) is 7.83. The van der Waals surface area contributed by atoms with Crippen molar-refractivity contribution in [3.05, 3.63) is 95.9 Å². The molecule has 0 aliphatic carbocycles. The van der Waals surface area contributed by atoms with Gasteiger partial charge >= 0.3 is 6.09 Å². The normalized spacial score (nSPS) is 13.2. The number of rotatable bonds is 15. The minimum atomic E-state index is -1.00. The highest BCUT2D eigenvalue weighted by Gasteiger charge is 2.31. The second-order valence-electron chi connectivity index (χ2n) is 11.2. The van der Waals surface area contributed by atoms with E-state index < -0.39 is 36.0 Å². The summed E-state index contributed by atoms with van der Waals surface area (Å²) < 4.78 is 10.6. The molecule has 42 heavy (non-hydrogen) atoms. The first-order valence-corrected chi connectivity index (χ1v) is 14.3. The Kier molecular flexibility index (Phi) is 12.3. The summed E-state index contributed by atoms with van der Waals surface area (Å²) in [5.41, 5.74) is 1.64. The Hall–Kier alpha value is -4.40. The zero-order chi connectivity index (χ0) is 30.5. The molecule has 3 N–H and O–H groups in total. The van der Waals surface area contributed by atoms with Gasteiger partial charge in [0.2, 0.25) is 17.6 Å². The summed E-state index contributed by atoms with van der Waals surface area (Å²) >= 11 is 0. The predicted molar refractivity (Wildman–Crippen MR) is 160 cm³/mol. The molecule has 9 nitrogen and oxygen atoms in total. The van der Waals surface area contributed by atoms with Gasteiger partial charge in [0.05, 0.1) is 12.3 Å². The summed E-state index contributed by atoms with van der Waals surface area (Å²) in [5.74, 6) is -1.04. The molecule has 1 aromatic heterocycles. The van der Waals surface area contributed by atoms with Gasteiger partial charge in [0, 0.05) is 6.42 Å². The molecule has 2 aromatic carbocycles. The van der Waals surface area contributed by atoms with E-state index in [4.69, 9.17) is 9.15 Å². The smallest absolute Gasteiger partial charge is 0.408 e. The van der Waals surface area contributed by atoms with E-state index >= 15 is 0 Å². The molecule has 0 bridgehead atoms. The fourth-order valence-corrected chi connectivity index (χ4v) is 4.51. The molecule has 3 rings (SSSR count). The molecule has 0 aliphatic heterocycles. The number of furan rings is 1. The Labute approximate surface area is 247 Å². The number of Topliss-reactive ketones (excluding diaryl/α,β-unsaturated/α-hetero) is 1. The number of ketones is 1. The van der Waals surface area contributed by atoms with Crippen LogP contribution in [0, 0.1) is 11.8 Å². The molecule has 0 unspecified atom stereocenters. The first-order chi connectivity index (χ1) is 20.1. The second-order valence-corrected chi connectivity index (χ2v) is 11.2. The van der Waals surface area contributed by atoms with Gasteiger partial charge in [-0.15, -0.1) is 0 Å². The van der Waals surface area contributed by atoms with Gasteiger partial charge in [0.25, 0.3) is 0 Å². The van der Waals surface area contributed by atoms with Gasteiger partial charge in [-0.2, -0.15) is 0 Å². The van der Waals surface area contributed by atoms with Crippen LogP contribution in [-0.4, -0.2) is 41.8 Å². The van der Waals surface area contributed by atoms with Crippen molar-refractivity contribution in [3.8, 4) is 0 Å². The van der Waals surface area contributed by atoms with Gasteiger partial charge < -0.3 is 25.1 Å². The van der Waals surface area contributed by atoms with Gasteiger partial charge in [-0.3, -0.25) is 14.4 Å². The van der Waals surface area contributed by atoms with Gasteiger partial charge in [0.1, 0.15) is 18.7 Å². The van der Waals surface area contributed by atoms with Crippen LogP contribution in [0.1, 0.15) is 62.2 Å². The number of alkyl carbamates (subject to hydrolysis) is 1. The van der Waals surface area contributed by atoms with Crippen LogP contribution in [0.4, 0.5) is 4.79 Å². The molecule has 1 heterocycles. The van der Waals surface area contributed by atoms with Crippen LogP contribution in [0.15, 0.2) is 83.5 Å². The largest absolute Gasteiger partial charge is 0.461 e. The fraction of sp³-hybridized carbons (Fsp3) is 0.394. The number of hydrogen-bond acceptors (Lipinski definition) is 6. The summed E-state index contributed by atoms with van der Waals surface area (Å²) in [5, 5.41) is 8.33. The topological polar surface area (TPSA) is 127 Å². The lowest BCUT2D eigenvalue weighted by molar-refractivity contribution is -0.130. The van der Waals surface area contributed by atoms with Crippen molar-refractivity contribution in [1.29, 1.82) is 0 Å². The Morgan fingerprint density at radius 3 is 1.79 bits per heavy atom. The zero-order valence-corrected chi connectivity index (χ0v) is 24.7. The maximum absolute atomic E-state index is 13.7. The molecule has 0 saturated heterocycles. The molecule has 0 spiro atoms. The van der Waals surface area contributed by atoms with Crippen LogP contribution >= 0.6 is 0 Å². The number of amides is 3. The maximum atomic E-state index is 13.7. The minimum absolute atomic E-state index is 0.0582. The van der Waals surface area contributed by atoms with Gasteiger partial charge in [-0.25, -0.2) is 4.79 Å². The molecule has 0 fully saturated rings. The summed E-state index contributed by atoms with van der Waals surface area (Å²) in [7, 11) is 0. The van der Waals surface area contributed by atoms with Gasteiger partial charge in [-0.05, 0) is 47.9 Å². The molecule has 224 valence electrons. The van der Waals surface area contributed by atoms with E-state index in [0.717, 1.165) is 11.1 Å². The van der Waals surface area contributed by atoms with E-state index in [9.17, 15) is 19.2 Å². The Morgan fingerprint density at radius 1 is 0.667 bits per heavy atom. The summed E-state index contributed by atoms with van der Waals surface area (Å²) in [6.07, 6.45) is 1.59. The molecule has 3 amide bonds. The first kappa shape index (κ1) is 32.1. The lowest BCUT2D eigenvalue weighted by Gasteiger charge is -2.26. The van der Waals surface area contributed by atoms with Gasteiger partial charge in [0.15, 0.2) is 5.76 Å². The second kappa shape index (κ2) is 16.1. The van der Waals surface area contributed by atoms with E-state index in [1.807, 2.05) is 88.4 Å². The van der Waals surface area contributed by atoms with Crippen molar-refractivity contribution in [2.45, 2.75) is 71.7 Å². The zero-order valence-electron chi connectivity index (χ0n) is 24.7. The lowest BCUT2D eigenvalue weighted by Crippen LogP contribution is -2.56. The van der Waals surface area contributed by atoms with E-state index in [0.29, 0.717) is 12.8 Å². The van der Waals surface area contributed by atoms with Crippen LogP contribution in [0.25, 0.3) is 0 Å². The molecule has 0 saturated carbocycles. The average molecular weight is 576 g/mol. The van der Waals surface area contributed by atoms with Crippen LogP contribution in [0.3, 0.4) is 0 Å². The summed E-state index contributed by atoms with van der Waals surface area (Å²) in [4.78, 5) is 52.9. The Bertz CT molecular complexity index is 1280. The Balaban J connectivity index is 1.76. The SMILES string of the molecule is CC(C)C[C@H](NC(=O)OCc1ccccc1)C(=O)N[C@@H](Cc1ccccc1)C(=O)N[C@@H](CC(C)C)C(=O)c1ccco1. The van der Waals surface area contributed by atoms with E-state index in [1.165, 1.54) is 6.26 Å². The number of benzene rings is 2. The van der Waals surface area contributed by atoms with Crippen molar-refractivity contribution in [3.63, 3.8) is 0 Å². The van der Waals surface area contributed by atoms with Crippen LogP contribution in [0.2, 0.25) is 0 Å². The molecule has 3 aromatic rings. The highest BCUT2D eigenvalue weighted by Crippen LogP contribution is 2.14. The predicted octanol–water partition coefficient (Wildman–Crippen LogP) is 5.06. The third-order valence-corrected chi connectivity index (χ3v) is 6.55. The quantitative estimate of drug-likeness (QED) is 0.218. The molecule has 0 aliphatic rings.